The lowest BCUT2D eigenvalue weighted by atomic mass is 9.91. The van der Waals surface area contributed by atoms with Crippen molar-refractivity contribution in [1.29, 1.82) is 0 Å². The summed E-state index contributed by atoms with van der Waals surface area (Å²) >= 11 is 3.61. The molecule has 1 saturated heterocycles. The number of anilines is 1. The van der Waals surface area contributed by atoms with E-state index < -0.39 is 0 Å². The third-order valence-corrected chi connectivity index (χ3v) is 4.49. The molecule has 0 aliphatic carbocycles. The van der Waals surface area contributed by atoms with Crippen LogP contribution >= 0.6 is 15.9 Å². The Morgan fingerprint density at radius 1 is 1.25 bits per heavy atom. The van der Waals surface area contributed by atoms with Gasteiger partial charge >= 0.3 is 0 Å². The highest BCUT2D eigenvalue weighted by molar-refractivity contribution is 9.10. The van der Waals surface area contributed by atoms with Gasteiger partial charge in [0.15, 0.2) is 0 Å². The zero-order chi connectivity index (χ0) is 14.5. The molecular formula is C17H27BrN2. The largest absolute Gasteiger partial charge is 0.371 e. The fourth-order valence-corrected chi connectivity index (χ4v) is 3.67. The molecule has 1 heterocycles. The average Bonchev–Trinajstić information content (AvgIpc) is 2.38. The Bertz CT molecular complexity index is 423. The molecule has 3 heteroatoms. The molecule has 0 spiro atoms. The molecule has 20 heavy (non-hydrogen) atoms. The maximum absolute atomic E-state index is 3.61. The van der Waals surface area contributed by atoms with Crippen molar-refractivity contribution in [3.05, 3.63) is 28.2 Å². The highest BCUT2D eigenvalue weighted by Crippen LogP contribution is 2.30. The predicted molar refractivity (Wildman–Crippen MR) is 91.3 cm³/mol. The fourth-order valence-electron chi connectivity index (χ4n) is 3.26. The number of rotatable bonds is 5. The predicted octanol–water partition coefficient (Wildman–Crippen LogP) is 4.43. The van der Waals surface area contributed by atoms with Crippen LogP contribution in [0.1, 0.15) is 39.2 Å². The van der Waals surface area contributed by atoms with Gasteiger partial charge in [-0.25, -0.2) is 0 Å². The SMILES string of the molecule is CCCNCc1cc(Br)ccc1N1CC(C)CC(C)C1. The second-order valence-corrected chi connectivity index (χ2v) is 7.22. The van der Waals surface area contributed by atoms with E-state index in [1.807, 2.05) is 0 Å². The van der Waals surface area contributed by atoms with Gasteiger partial charge < -0.3 is 10.2 Å². The van der Waals surface area contributed by atoms with E-state index in [1.54, 1.807) is 0 Å². The van der Waals surface area contributed by atoms with E-state index in [0.717, 1.165) is 24.9 Å². The number of nitrogens with one attached hydrogen (secondary N) is 1. The van der Waals surface area contributed by atoms with Crippen LogP contribution in [0.15, 0.2) is 22.7 Å². The summed E-state index contributed by atoms with van der Waals surface area (Å²) in [5.41, 5.74) is 2.82. The number of benzene rings is 1. The van der Waals surface area contributed by atoms with E-state index in [1.165, 1.54) is 41.7 Å². The molecule has 2 atom stereocenters. The number of hydrogen-bond donors (Lipinski definition) is 1. The van der Waals surface area contributed by atoms with Crippen LogP contribution in [-0.4, -0.2) is 19.6 Å². The molecule has 1 aromatic rings. The van der Waals surface area contributed by atoms with Gasteiger partial charge in [-0.05, 0) is 55.0 Å². The van der Waals surface area contributed by atoms with Crippen LogP contribution in [-0.2, 0) is 6.54 Å². The highest BCUT2D eigenvalue weighted by Gasteiger charge is 2.23. The van der Waals surface area contributed by atoms with Gasteiger partial charge in [0.2, 0.25) is 0 Å². The van der Waals surface area contributed by atoms with Gasteiger partial charge in [-0.15, -0.1) is 0 Å². The zero-order valence-electron chi connectivity index (χ0n) is 13.0. The summed E-state index contributed by atoms with van der Waals surface area (Å²) in [5.74, 6) is 1.58. The molecule has 2 rings (SSSR count). The molecule has 0 bridgehead atoms. The van der Waals surface area contributed by atoms with E-state index in [0.29, 0.717) is 0 Å². The van der Waals surface area contributed by atoms with E-state index >= 15 is 0 Å². The number of hydrogen-bond acceptors (Lipinski definition) is 2. The van der Waals surface area contributed by atoms with Gasteiger partial charge in [-0.1, -0.05) is 36.7 Å². The van der Waals surface area contributed by atoms with Crippen LogP contribution in [0.5, 0.6) is 0 Å². The normalized spacial score (nSPS) is 23.1. The van der Waals surface area contributed by atoms with Crippen molar-refractivity contribution >= 4 is 21.6 Å². The van der Waals surface area contributed by atoms with Gasteiger partial charge in [0.1, 0.15) is 0 Å². The van der Waals surface area contributed by atoms with E-state index in [4.69, 9.17) is 0 Å². The summed E-state index contributed by atoms with van der Waals surface area (Å²) in [5, 5.41) is 3.53. The molecule has 0 radical (unpaired) electrons. The second-order valence-electron chi connectivity index (χ2n) is 6.30. The molecule has 1 aliphatic rings. The monoisotopic (exact) mass is 338 g/mol. The lowest BCUT2D eigenvalue weighted by molar-refractivity contribution is 0.356. The van der Waals surface area contributed by atoms with Gasteiger partial charge in [0.05, 0.1) is 0 Å². The Morgan fingerprint density at radius 2 is 1.95 bits per heavy atom. The van der Waals surface area contributed by atoms with Gasteiger partial charge in [-0.3, -0.25) is 0 Å². The van der Waals surface area contributed by atoms with Crippen LogP contribution in [0.25, 0.3) is 0 Å². The first kappa shape index (κ1) is 15.8. The van der Waals surface area contributed by atoms with Crippen molar-refractivity contribution < 1.29 is 0 Å². The molecule has 0 amide bonds. The highest BCUT2D eigenvalue weighted by atomic mass is 79.9. The summed E-state index contributed by atoms with van der Waals surface area (Å²) < 4.78 is 1.17. The summed E-state index contributed by atoms with van der Waals surface area (Å²) in [6, 6.07) is 6.71. The molecule has 1 N–H and O–H groups in total. The van der Waals surface area contributed by atoms with Crippen molar-refractivity contribution in [2.45, 2.75) is 40.2 Å². The van der Waals surface area contributed by atoms with Crippen LogP contribution < -0.4 is 10.2 Å². The lowest BCUT2D eigenvalue weighted by Crippen LogP contribution is -2.39. The number of piperidine rings is 1. The van der Waals surface area contributed by atoms with Crippen molar-refractivity contribution in [3.8, 4) is 0 Å². The average molecular weight is 339 g/mol. The molecule has 1 aromatic carbocycles. The molecule has 112 valence electrons. The minimum Gasteiger partial charge on any atom is -0.371 e. The quantitative estimate of drug-likeness (QED) is 0.799. The Labute approximate surface area is 132 Å². The lowest BCUT2D eigenvalue weighted by Gasteiger charge is -2.37. The standard InChI is InChI=1S/C17H27BrN2/c1-4-7-19-10-15-9-16(18)5-6-17(15)20-11-13(2)8-14(3)12-20/h5-6,9,13-14,19H,4,7-8,10-12H2,1-3H3. The molecular weight excluding hydrogens is 312 g/mol. The first-order valence-electron chi connectivity index (χ1n) is 7.84. The van der Waals surface area contributed by atoms with Crippen LogP contribution in [0.3, 0.4) is 0 Å². The molecule has 2 unspecified atom stereocenters. The van der Waals surface area contributed by atoms with Crippen molar-refractivity contribution in [2.75, 3.05) is 24.5 Å². The van der Waals surface area contributed by atoms with E-state index in [2.05, 4.69) is 65.1 Å². The maximum Gasteiger partial charge on any atom is 0.0412 e. The minimum absolute atomic E-state index is 0.791. The summed E-state index contributed by atoms with van der Waals surface area (Å²) in [6.45, 7) is 11.4. The van der Waals surface area contributed by atoms with E-state index in [9.17, 15) is 0 Å². The minimum atomic E-state index is 0.791. The Kier molecular flexibility index (Phi) is 5.91. The Hall–Kier alpha value is -0.540. The van der Waals surface area contributed by atoms with Crippen LogP contribution in [0.2, 0.25) is 0 Å². The smallest absolute Gasteiger partial charge is 0.0412 e. The van der Waals surface area contributed by atoms with E-state index in [-0.39, 0.29) is 0 Å². The van der Waals surface area contributed by atoms with Gasteiger partial charge in [0, 0.05) is 29.8 Å². The summed E-state index contributed by atoms with van der Waals surface area (Å²) in [6.07, 6.45) is 2.54. The Balaban J connectivity index is 2.16. The molecule has 0 aromatic heterocycles. The molecule has 2 nitrogen and oxygen atoms in total. The number of halogens is 1. The van der Waals surface area contributed by atoms with Gasteiger partial charge in [-0.2, -0.15) is 0 Å². The fraction of sp³-hybridized carbons (Fsp3) is 0.647. The first-order valence-corrected chi connectivity index (χ1v) is 8.63. The third kappa shape index (κ3) is 4.23. The molecule has 1 fully saturated rings. The van der Waals surface area contributed by atoms with Crippen molar-refractivity contribution in [3.63, 3.8) is 0 Å². The maximum atomic E-state index is 3.61. The number of nitrogens with zero attached hydrogens (tertiary/aromatic N) is 1. The van der Waals surface area contributed by atoms with Crippen molar-refractivity contribution in [2.24, 2.45) is 11.8 Å². The molecule has 0 saturated carbocycles. The van der Waals surface area contributed by atoms with Gasteiger partial charge in [0.25, 0.3) is 0 Å². The van der Waals surface area contributed by atoms with Crippen LogP contribution in [0, 0.1) is 11.8 Å². The summed E-state index contributed by atoms with van der Waals surface area (Å²) in [4.78, 5) is 2.58. The van der Waals surface area contributed by atoms with Crippen LogP contribution in [0.4, 0.5) is 5.69 Å². The van der Waals surface area contributed by atoms with Crippen molar-refractivity contribution in [1.82, 2.24) is 5.32 Å². The third-order valence-electron chi connectivity index (χ3n) is 3.99. The second kappa shape index (κ2) is 7.46. The molecule has 1 aliphatic heterocycles. The first-order chi connectivity index (χ1) is 9.60. The topological polar surface area (TPSA) is 15.3 Å². The Morgan fingerprint density at radius 3 is 2.60 bits per heavy atom. The summed E-state index contributed by atoms with van der Waals surface area (Å²) in [7, 11) is 0. The zero-order valence-corrected chi connectivity index (χ0v) is 14.5.